The van der Waals surface area contributed by atoms with Crippen molar-refractivity contribution in [2.75, 3.05) is 9.80 Å². The molecule has 410 valence electrons. The smallest absolute Gasteiger partial charge is 0.407 e. The van der Waals surface area contributed by atoms with Gasteiger partial charge in [-0.05, 0) is 122 Å². The highest BCUT2D eigenvalue weighted by Gasteiger charge is 2.80. The maximum atomic E-state index is 15.6. The van der Waals surface area contributed by atoms with Crippen LogP contribution in [-0.2, 0) is 27.1 Å². The second-order valence-corrected chi connectivity index (χ2v) is 25.2. The molecular formula is C62H53BF12N2OS. The number of nitrogens with zero attached hydrogens (tertiary/aromatic N) is 2. The fourth-order valence-corrected chi connectivity index (χ4v) is 13.6. The van der Waals surface area contributed by atoms with E-state index in [0.29, 0.717) is 33.4 Å². The number of ether oxygens (including phenoxy) is 1. The molecule has 11 rings (SSSR count). The molecule has 3 heterocycles. The van der Waals surface area contributed by atoms with Crippen molar-refractivity contribution in [1.29, 1.82) is 0 Å². The highest BCUT2D eigenvalue weighted by atomic mass is 32.1. The zero-order valence-corrected chi connectivity index (χ0v) is 45.3. The third-order valence-corrected chi connectivity index (χ3v) is 17.5. The Morgan fingerprint density at radius 1 is 0.532 bits per heavy atom. The van der Waals surface area contributed by atoms with Crippen LogP contribution in [0, 0.1) is 0 Å². The van der Waals surface area contributed by atoms with E-state index in [4.69, 9.17) is 4.74 Å². The topological polar surface area (TPSA) is 15.7 Å². The molecule has 0 amide bonds. The van der Waals surface area contributed by atoms with E-state index in [1.54, 1.807) is 72.0 Å². The number of anilines is 6. The Bertz CT molecular complexity index is 3720. The first-order valence-electron chi connectivity index (χ1n) is 25.8. The van der Waals surface area contributed by atoms with Crippen LogP contribution >= 0.6 is 11.3 Å². The molecule has 1 aromatic heterocycles. The van der Waals surface area contributed by atoms with Crippen molar-refractivity contribution in [1.82, 2.24) is 0 Å². The summed E-state index contributed by atoms with van der Waals surface area (Å²) in [4.78, 5) is 3.39. The van der Waals surface area contributed by atoms with Gasteiger partial charge in [0.2, 0.25) is 0 Å². The van der Waals surface area contributed by atoms with Gasteiger partial charge >= 0.3 is 24.7 Å². The molecule has 3 aliphatic rings. The van der Waals surface area contributed by atoms with E-state index >= 15 is 52.7 Å². The van der Waals surface area contributed by atoms with E-state index in [-0.39, 0.29) is 40.1 Å². The van der Waals surface area contributed by atoms with Crippen LogP contribution in [0.25, 0.3) is 20.9 Å². The molecule has 0 atom stereocenters. The van der Waals surface area contributed by atoms with Crippen molar-refractivity contribution in [3.8, 4) is 11.5 Å². The second-order valence-electron chi connectivity index (χ2n) is 24.2. The number of fused-ring (bicyclic) bond motifs is 8. The van der Waals surface area contributed by atoms with Gasteiger partial charge in [-0.1, -0.05) is 141 Å². The van der Waals surface area contributed by atoms with Gasteiger partial charge in [-0.15, -0.1) is 11.3 Å². The Morgan fingerprint density at radius 3 is 1.72 bits per heavy atom. The SMILES string of the molecule is CC(C)(C)c1ccc(N2c3cc(N(c4ccc5c(c4)C(C(F)(F)F)(C(F)(F)F)CCC5(C(F)(F)F)C(F)(F)F)c4cccc5ccccc45)cc4c3B(c3ccccc3O4)c3sc4cc(C(C)(C)C)cc(C(C)(C)C)c4c32)cc1. The van der Waals surface area contributed by atoms with Gasteiger partial charge in [0, 0.05) is 43.4 Å². The van der Waals surface area contributed by atoms with Gasteiger partial charge in [0.15, 0.2) is 10.8 Å². The minimum absolute atomic E-state index is 0.0619. The fourth-order valence-electron chi connectivity index (χ4n) is 12.2. The lowest BCUT2D eigenvalue weighted by molar-refractivity contribution is -0.336. The second kappa shape index (κ2) is 17.4. The maximum absolute atomic E-state index is 15.6. The van der Waals surface area contributed by atoms with Crippen LogP contribution in [0.3, 0.4) is 0 Å². The summed E-state index contributed by atoms with van der Waals surface area (Å²) in [5.41, 5.74) is -9.28. The molecule has 0 fully saturated rings. The number of rotatable bonds is 4. The molecule has 0 saturated heterocycles. The summed E-state index contributed by atoms with van der Waals surface area (Å²) in [6.45, 7) is 18.6. The Morgan fingerprint density at radius 2 is 1.11 bits per heavy atom. The highest BCUT2D eigenvalue weighted by Crippen LogP contribution is 2.67. The van der Waals surface area contributed by atoms with Crippen LogP contribution in [0.15, 0.2) is 133 Å². The van der Waals surface area contributed by atoms with E-state index < -0.39 is 77.3 Å². The number of halogens is 12. The first-order chi connectivity index (χ1) is 36.6. The Kier molecular flexibility index (Phi) is 12.0. The third kappa shape index (κ3) is 8.15. The van der Waals surface area contributed by atoms with Crippen molar-refractivity contribution >= 4 is 88.7 Å². The van der Waals surface area contributed by atoms with Crippen molar-refractivity contribution in [3.63, 3.8) is 0 Å². The zero-order valence-electron chi connectivity index (χ0n) is 44.4. The van der Waals surface area contributed by atoms with Crippen LogP contribution in [0.5, 0.6) is 11.5 Å². The molecule has 17 heteroatoms. The molecule has 0 unspecified atom stereocenters. The molecule has 0 saturated carbocycles. The summed E-state index contributed by atoms with van der Waals surface area (Å²) < 4.78 is 194. The molecule has 3 nitrogen and oxygen atoms in total. The summed E-state index contributed by atoms with van der Waals surface area (Å²) in [5, 5.41) is 1.91. The lowest BCUT2D eigenvalue weighted by Crippen LogP contribution is -2.63. The van der Waals surface area contributed by atoms with Crippen LogP contribution in [-0.4, -0.2) is 31.4 Å². The molecule has 7 aromatic carbocycles. The monoisotopic (exact) mass is 1110 g/mol. The largest absolute Gasteiger partial charge is 0.458 e. The molecule has 0 spiro atoms. The molecule has 2 aliphatic heterocycles. The summed E-state index contributed by atoms with van der Waals surface area (Å²) >= 11 is 1.64. The van der Waals surface area contributed by atoms with Gasteiger partial charge < -0.3 is 14.5 Å². The van der Waals surface area contributed by atoms with E-state index in [2.05, 4.69) is 79.3 Å². The first-order valence-corrected chi connectivity index (χ1v) is 26.6. The van der Waals surface area contributed by atoms with Crippen molar-refractivity contribution in [2.45, 2.75) is 127 Å². The number of benzene rings is 7. The molecule has 79 heavy (non-hydrogen) atoms. The predicted octanol–water partition coefficient (Wildman–Crippen LogP) is 18.3. The molecule has 1 aliphatic carbocycles. The fraction of sp³-hybridized carbons (Fsp3) is 0.323. The van der Waals surface area contributed by atoms with E-state index in [1.807, 2.05) is 36.4 Å². The lowest BCUT2D eigenvalue weighted by Gasteiger charge is -2.50. The number of thiophene rings is 1. The highest BCUT2D eigenvalue weighted by molar-refractivity contribution is 7.33. The van der Waals surface area contributed by atoms with E-state index in [9.17, 15) is 0 Å². The molecule has 8 aromatic rings. The Hall–Kier alpha value is -6.62. The first kappa shape index (κ1) is 54.3. The van der Waals surface area contributed by atoms with E-state index in [1.165, 1.54) is 11.0 Å². The van der Waals surface area contributed by atoms with Gasteiger partial charge in [0.05, 0.1) is 17.1 Å². The van der Waals surface area contributed by atoms with Crippen LogP contribution in [0.2, 0.25) is 0 Å². The van der Waals surface area contributed by atoms with Crippen molar-refractivity contribution in [2.24, 2.45) is 0 Å². The number of para-hydroxylation sites is 1. The summed E-state index contributed by atoms with van der Waals surface area (Å²) in [7, 11) is 0. The minimum Gasteiger partial charge on any atom is -0.458 e. The zero-order chi connectivity index (χ0) is 57.2. The van der Waals surface area contributed by atoms with Crippen LogP contribution < -0.4 is 30.2 Å². The molecule has 0 bridgehead atoms. The predicted molar refractivity (Wildman–Crippen MR) is 293 cm³/mol. The van der Waals surface area contributed by atoms with Crippen molar-refractivity contribution < 1.29 is 57.4 Å². The summed E-state index contributed by atoms with van der Waals surface area (Å²) in [6, 6.07) is 35.9. The van der Waals surface area contributed by atoms with E-state index in [0.717, 1.165) is 48.8 Å². The quantitative estimate of drug-likeness (QED) is 0.129. The average molecular weight is 1110 g/mol. The van der Waals surface area contributed by atoms with Gasteiger partial charge in [-0.3, -0.25) is 0 Å². The molecular weight excluding hydrogens is 1060 g/mol. The third-order valence-electron chi connectivity index (χ3n) is 16.3. The van der Waals surface area contributed by atoms with Gasteiger partial charge in [-0.2, -0.15) is 52.7 Å². The average Bonchev–Trinajstić information content (AvgIpc) is 2.61. The normalized spacial score (nSPS) is 16.3. The van der Waals surface area contributed by atoms with Gasteiger partial charge in [0.1, 0.15) is 11.5 Å². The Balaban J connectivity index is 1.29. The number of alkyl halides is 12. The Labute approximate surface area is 453 Å². The maximum Gasteiger partial charge on any atom is 0.407 e. The summed E-state index contributed by atoms with van der Waals surface area (Å²) in [6.07, 6.45) is -30.7. The number of hydrogen-bond donors (Lipinski definition) is 0. The lowest BCUT2D eigenvalue weighted by atomic mass is 9.37. The molecule has 0 radical (unpaired) electrons. The molecule has 0 N–H and O–H groups in total. The minimum atomic E-state index is -6.41. The standard InChI is InChI=1S/C62H53BF12N2OS/c1-54(2,3)35-21-23-37(24-22-35)77-46-32-39(33-48-51(46)63(44-18-12-13-20-47(44)78-48)53-52(77)50-43(56(7,8)9)29-36(55(4,5)6)30-49(50)79-53)76(45-19-14-16-34-15-10-11-17-40(34)45)38-25-26-41-42(31-38)58(61(70,71)72,62(73,74)75)28-27-57(41,59(64,65)66)60(67,68)69/h10-26,29-33H,27-28H2,1-9H3. The van der Waals surface area contributed by atoms with Gasteiger partial charge in [-0.25, -0.2) is 0 Å². The van der Waals surface area contributed by atoms with Crippen LogP contribution in [0.4, 0.5) is 86.8 Å². The van der Waals surface area contributed by atoms with Gasteiger partial charge in [0.25, 0.3) is 6.71 Å². The number of hydrogen-bond acceptors (Lipinski definition) is 4. The van der Waals surface area contributed by atoms with Crippen molar-refractivity contribution in [3.05, 3.63) is 161 Å². The van der Waals surface area contributed by atoms with Crippen LogP contribution in [0.1, 0.15) is 103 Å². The summed E-state index contributed by atoms with van der Waals surface area (Å²) in [5.74, 6) is 0.709.